The van der Waals surface area contributed by atoms with Crippen molar-refractivity contribution in [3.8, 4) is 0 Å². The minimum Gasteiger partial charge on any atom is -0.370 e. The van der Waals surface area contributed by atoms with Crippen molar-refractivity contribution in [3.05, 3.63) is 23.0 Å². The molecule has 0 aliphatic heterocycles. The van der Waals surface area contributed by atoms with Crippen LogP contribution < -0.4 is 0 Å². The largest absolute Gasteiger partial charge is 0.370 e. The molecule has 0 radical (unpaired) electrons. The van der Waals surface area contributed by atoms with Gasteiger partial charge in [0.05, 0.1) is 6.10 Å². The number of nitrogens with zero attached hydrogens (tertiary/aromatic N) is 1. The van der Waals surface area contributed by atoms with Crippen LogP contribution in [0.2, 0.25) is 0 Å². The molecule has 2 atom stereocenters. The molecule has 1 fully saturated rings. The molecule has 0 aromatic carbocycles. The van der Waals surface area contributed by atoms with E-state index in [-0.39, 0.29) is 18.5 Å². The molecule has 112 valence electrons. The van der Waals surface area contributed by atoms with E-state index in [2.05, 4.69) is 25.3 Å². The number of rotatable bonds is 5. The molecule has 20 heavy (non-hydrogen) atoms. The Kier molecular flexibility index (Phi) is 5.03. The number of Topliss-reactive ketones (excluding diaryl/α,β-unsaturated/α-hetero) is 1. The first kappa shape index (κ1) is 15.3. The van der Waals surface area contributed by atoms with Crippen LogP contribution in [-0.4, -0.2) is 23.1 Å². The summed E-state index contributed by atoms with van der Waals surface area (Å²) >= 11 is 0. The van der Waals surface area contributed by atoms with Gasteiger partial charge in [0.2, 0.25) is 0 Å². The first-order chi connectivity index (χ1) is 9.52. The molecule has 1 heterocycles. The van der Waals surface area contributed by atoms with Gasteiger partial charge in [0.1, 0.15) is 6.61 Å². The Bertz CT molecular complexity index is 476. The molecule has 0 bridgehead atoms. The van der Waals surface area contributed by atoms with Crippen molar-refractivity contribution in [1.29, 1.82) is 0 Å². The molecule has 0 amide bonds. The summed E-state index contributed by atoms with van der Waals surface area (Å²) in [6, 6.07) is 1.99. The highest BCUT2D eigenvalue weighted by Gasteiger charge is 2.21. The first-order valence-electron chi connectivity index (χ1n) is 7.84. The minimum absolute atomic E-state index is 0.121. The smallest absolute Gasteiger partial charge is 0.190 e. The molecule has 3 nitrogen and oxygen atoms in total. The highest BCUT2D eigenvalue weighted by atomic mass is 16.5. The fourth-order valence-electron chi connectivity index (χ4n) is 3.37. The third-order valence-electron chi connectivity index (χ3n) is 4.53. The highest BCUT2D eigenvalue weighted by Crippen LogP contribution is 2.26. The van der Waals surface area contributed by atoms with E-state index < -0.39 is 0 Å². The van der Waals surface area contributed by atoms with E-state index >= 15 is 0 Å². The fourth-order valence-corrected chi connectivity index (χ4v) is 3.37. The summed E-state index contributed by atoms with van der Waals surface area (Å²) in [5.41, 5.74) is 3.04. The summed E-state index contributed by atoms with van der Waals surface area (Å²) < 4.78 is 8.03. The Hall–Kier alpha value is -1.09. The molecule has 2 rings (SSSR count). The van der Waals surface area contributed by atoms with Crippen molar-refractivity contribution in [3.63, 3.8) is 0 Å². The van der Waals surface area contributed by atoms with E-state index in [1.807, 2.05) is 13.0 Å². The van der Waals surface area contributed by atoms with Crippen molar-refractivity contribution >= 4 is 5.78 Å². The van der Waals surface area contributed by atoms with E-state index in [9.17, 15) is 4.79 Å². The van der Waals surface area contributed by atoms with E-state index in [0.717, 1.165) is 42.3 Å². The average Bonchev–Trinajstić information content (AvgIpc) is 2.71. The Balaban J connectivity index is 1.95. The number of carbonyl (C=O) groups excluding carboxylic acids is 1. The van der Waals surface area contributed by atoms with Gasteiger partial charge in [0.25, 0.3) is 0 Å². The van der Waals surface area contributed by atoms with E-state index in [0.29, 0.717) is 0 Å². The van der Waals surface area contributed by atoms with Gasteiger partial charge in [-0.05, 0) is 45.6 Å². The van der Waals surface area contributed by atoms with Gasteiger partial charge >= 0.3 is 0 Å². The third-order valence-corrected chi connectivity index (χ3v) is 4.53. The van der Waals surface area contributed by atoms with Crippen LogP contribution in [0.3, 0.4) is 0 Å². The summed E-state index contributed by atoms with van der Waals surface area (Å²) in [5, 5.41) is 0. The van der Waals surface area contributed by atoms with Crippen LogP contribution in [0.25, 0.3) is 0 Å². The van der Waals surface area contributed by atoms with Gasteiger partial charge in [-0.25, -0.2) is 0 Å². The second-order valence-corrected chi connectivity index (χ2v) is 6.16. The summed E-state index contributed by atoms with van der Waals surface area (Å²) in [6.45, 7) is 9.58. The second kappa shape index (κ2) is 6.57. The van der Waals surface area contributed by atoms with Gasteiger partial charge in [-0.15, -0.1) is 0 Å². The zero-order valence-electron chi connectivity index (χ0n) is 13.2. The predicted octanol–water partition coefficient (Wildman–Crippen LogP) is 3.90. The Morgan fingerprint density at radius 1 is 1.40 bits per heavy atom. The lowest BCUT2D eigenvalue weighted by atomic mass is 9.89. The average molecular weight is 277 g/mol. The minimum atomic E-state index is 0.121. The van der Waals surface area contributed by atoms with Crippen molar-refractivity contribution in [1.82, 2.24) is 4.57 Å². The number of hydrogen-bond acceptors (Lipinski definition) is 2. The predicted molar refractivity (Wildman–Crippen MR) is 81.3 cm³/mol. The SMILES string of the molecule is CCn1c(C)cc(C(=O)COC2CCCC(C)C2)c1C. The van der Waals surface area contributed by atoms with Crippen LogP contribution >= 0.6 is 0 Å². The van der Waals surface area contributed by atoms with Gasteiger partial charge in [-0.3, -0.25) is 4.79 Å². The van der Waals surface area contributed by atoms with Gasteiger partial charge in [0, 0.05) is 23.5 Å². The summed E-state index contributed by atoms with van der Waals surface area (Å²) in [4.78, 5) is 12.3. The van der Waals surface area contributed by atoms with Gasteiger partial charge in [-0.1, -0.05) is 19.8 Å². The molecular weight excluding hydrogens is 250 g/mol. The first-order valence-corrected chi connectivity index (χ1v) is 7.84. The van der Waals surface area contributed by atoms with Crippen LogP contribution in [-0.2, 0) is 11.3 Å². The van der Waals surface area contributed by atoms with Gasteiger partial charge < -0.3 is 9.30 Å². The van der Waals surface area contributed by atoms with Crippen molar-refractivity contribution in [2.75, 3.05) is 6.61 Å². The topological polar surface area (TPSA) is 31.2 Å². The highest BCUT2D eigenvalue weighted by molar-refractivity contribution is 5.98. The third kappa shape index (κ3) is 3.32. The number of ether oxygens (including phenoxy) is 1. The number of hydrogen-bond donors (Lipinski definition) is 0. The molecule has 1 aliphatic rings. The summed E-state index contributed by atoms with van der Waals surface area (Å²) in [6.07, 6.45) is 5.00. The molecule has 3 heteroatoms. The standard InChI is InChI=1S/C17H27NO2/c1-5-18-13(3)10-16(14(18)4)17(19)11-20-15-8-6-7-12(2)9-15/h10,12,15H,5-9,11H2,1-4H3. The Morgan fingerprint density at radius 2 is 2.15 bits per heavy atom. The molecule has 2 unspecified atom stereocenters. The van der Waals surface area contributed by atoms with Crippen LogP contribution in [0, 0.1) is 19.8 Å². The molecule has 1 saturated carbocycles. The quantitative estimate of drug-likeness (QED) is 0.764. The molecule has 0 saturated heterocycles. The molecule has 0 spiro atoms. The second-order valence-electron chi connectivity index (χ2n) is 6.16. The number of carbonyl (C=O) groups is 1. The monoisotopic (exact) mass is 277 g/mol. The van der Waals surface area contributed by atoms with E-state index in [1.54, 1.807) is 0 Å². The Morgan fingerprint density at radius 3 is 2.75 bits per heavy atom. The van der Waals surface area contributed by atoms with E-state index in [1.165, 1.54) is 12.8 Å². The number of aromatic nitrogens is 1. The fraction of sp³-hybridized carbons (Fsp3) is 0.706. The van der Waals surface area contributed by atoms with Crippen molar-refractivity contribution in [2.45, 2.75) is 66.0 Å². The van der Waals surface area contributed by atoms with E-state index in [4.69, 9.17) is 4.74 Å². The summed E-state index contributed by atoms with van der Waals surface area (Å²) in [7, 11) is 0. The normalized spacial score (nSPS) is 23.0. The van der Waals surface area contributed by atoms with Gasteiger partial charge in [-0.2, -0.15) is 0 Å². The van der Waals surface area contributed by atoms with Crippen LogP contribution in [0.15, 0.2) is 6.07 Å². The molecule has 1 aliphatic carbocycles. The lowest BCUT2D eigenvalue weighted by molar-refractivity contribution is 0.0182. The van der Waals surface area contributed by atoms with Crippen LogP contribution in [0.5, 0.6) is 0 Å². The molecule has 1 aromatic rings. The zero-order chi connectivity index (χ0) is 14.7. The number of ketones is 1. The summed E-state index contributed by atoms with van der Waals surface area (Å²) in [5.74, 6) is 0.852. The van der Waals surface area contributed by atoms with Crippen molar-refractivity contribution in [2.24, 2.45) is 5.92 Å². The van der Waals surface area contributed by atoms with Crippen LogP contribution in [0.1, 0.15) is 61.3 Å². The molecule has 1 aromatic heterocycles. The Labute approximate surface area is 122 Å². The number of aryl methyl sites for hydroxylation is 1. The maximum Gasteiger partial charge on any atom is 0.190 e. The van der Waals surface area contributed by atoms with Gasteiger partial charge in [0.15, 0.2) is 5.78 Å². The molecular formula is C17H27NO2. The maximum absolute atomic E-state index is 12.3. The maximum atomic E-state index is 12.3. The molecule has 0 N–H and O–H groups in total. The lowest BCUT2D eigenvalue weighted by Gasteiger charge is -2.26. The zero-order valence-corrected chi connectivity index (χ0v) is 13.2. The van der Waals surface area contributed by atoms with Crippen molar-refractivity contribution < 1.29 is 9.53 Å². The lowest BCUT2D eigenvalue weighted by Crippen LogP contribution is -2.24. The van der Waals surface area contributed by atoms with Crippen LogP contribution in [0.4, 0.5) is 0 Å².